The van der Waals surface area contributed by atoms with E-state index in [0.717, 1.165) is 15.6 Å². The molecule has 0 saturated heterocycles. The van der Waals surface area contributed by atoms with Crippen molar-refractivity contribution >= 4 is 33.4 Å². The highest BCUT2D eigenvalue weighted by atomic mass is 79.9. The third-order valence-electron chi connectivity index (χ3n) is 4.29. The molecule has 0 radical (unpaired) electrons. The summed E-state index contributed by atoms with van der Waals surface area (Å²) in [5.74, 6) is 0.868. The number of hydrogen-bond acceptors (Lipinski definition) is 4. The van der Waals surface area contributed by atoms with Crippen LogP contribution in [0.5, 0.6) is 0 Å². The highest BCUT2D eigenvalue weighted by Gasteiger charge is 2.09. The van der Waals surface area contributed by atoms with Crippen molar-refractivity contribution in [3.63, 3.8) is 0 Å². The molecule has 0 saturated carbocycles. The van der Waals surface area contributed by atoms with Crippen molar-refractivity contribution in [2.75, 3.05) is 11.9 Å². The van der Waals surface area contributed by atoms with E-state index in [1.54, 1.807) is 12.3 Å². The minimum atomic E-state index is -0.264. The quantitative estimate of drug-likeness (QED) is 0.523. The minimum absolute atomic E-state index is 0.0644. The molecule has 0 fully saturated rings. The summed E-state index contributed by atoms with van der Waals surface area (Å²) in [6.07, 6.45) is 3.14. The first-order chi connectivity index (χ1) is 14.0. The fourth-order valence-corrected chi connectivity index (χ4v) is 3.00. The van der Waals surface area contributed by atoms with Crippen LogP contribution in [0.15, 0.2) is 63.6 Å². The second-order valence-corrected chi connectivity index (χ2v) is 7.48. The monoisotopic (exact) mass is 455 g/mol. The van der Waals surface area contributed by atoms with Crippen molar-refractivity contribution in [2.45, 2.75) is 26.2 Å². The van der Waals surface area contributed by atoms with E-state index < -0.39 is 0 Å². The van der Waals surface area contributed by atoms with Gasteiger partial charge in [0.25, 0.3) is 0 Å². The number of rotatable bonds is 8. The molecule has 3 rings (SSSR count). The van der Waals surface area contributed by atoms with Crippen LogP contribution in [0.1, 0.15) is 24.3 Å². The predicted molar refractivity (Wildman–Crippen MR) is 115 cm³/mol. The van der Waals surface area contributed by atoms with Crippen LogP contribution in [0.25, 0.3) is 11.3 Å². The zero-order valence-electron chi connectivity index (χ0n) is 16.1. The molecule has 0 atom stereocenters. The number of nitrogens with one attached hydrogen (secondary N) is 2. The molecule has 3 aromatic rings. The Balaban J connectivity index is 1.37. The normalized spacial score (nSPS) is 10.6. The molecule has 0 bridgehead atoms. The first kappa shape index (κ1) is 20.8. The summed E-state index contributed by atoms with van der Waals surface area (Å²) >= 11 is 3.42. The first-order valence-electron chi connectivity index (χ1n) is 9.34. The van der Waals surface area contributed by atoms with E-state index in [9.17, 15) is 9.59 Å². The number of oxazole rings is 1. The van der Waals surface area contributed by atoms with Gasteiger partial charge in [-0.2, -0.15) is 0 Å². The van der Waals surface area contributed by atoms with Crippen molar-refractivity contribution in [3.05, 3.63) is 70.7 Å². The number of anilines is 1. The molecule has 29 heavy (non-hydrogen) atoms. The zero-order chi connectivity index (χ0) is 20.6. The van der Waals surface area contributed by atoms with Gasteiger partial charge in [-0.3, -0.25) is 9.59 Å². The molecule has 0 spiro atoms. The van der Waals surface area contributed by atoms with E-state index in [2.05, 4.69) is 31.5 Å². The molecular formula is C22H22BrN3O3. The summed E-state index contributed by atoms with van der Waals surface area (Å²) in [7, 11) is 0. The van der Waals surface area contributed by atoms with Crippen molar-refractivity contribution < 1.29 is 14.0 Å². The van der Waals surface area contributed by atoms with Gasteiger partial charge in [-0.1, -0.05) is 46.3 Å². The van der Waals surface area contributed by atoms with Crippen LogP contribution >= 0.6 is 15.9 Å². The van der Waals surface area contributed by atoms with Crippen LogP contribution in [0, 0.1) is 6.92 Å². The highest BCUT2D eigenvalue weighted by Crippen LogP contribution is 2.21. The van der Waals surface area contributed by atoms with Crippen LogP contribution in [-0.2, 0) is 16.0 Å². The Morgan fingerprint density at radius 1 is 1.10 bits per heavy atom. The SMILES string of the molecule is Cc1cc(NC(=O)CNC(=O)CCCc2ncc(-c3ccccc3)o2)ccc1Br. The van der Waals surface area contributed by atoms with E-state index in [1.807, 2.05) is 49.4 Å². The number of hydrogen-bond donors (Lipinski definition) is 2. The summed E-state index contributed by atoms with van der Waals surface area (Å²) < 4.78 is 6.70. The van der Waals surface area contributed by atoms with Crippen LogP contribution < -0.4 is 10.6 Å². The molecule has 2 amide bonds. The van der Waals surface area contributed by atoms with Crippen molar-refractivity contribution in [1.82, 2.24) is 10.3 Å². The number of benzene rings is 2. The van der Waals surface area contributed by atoms with Gasteiger partial charge >= 0.3 is 0 Å². The maximum Gasteiger partial charge on any atom is 0.243 e. The highest BCUT2D eigenvalue weighted by molar-refractivity contribution is 9.10. The Morgan fingerprint density at radius 3 is 2.66 bits per heavy atom. The number of amides is 2. The van der Waals surface area contributed by atoms with Gasteiger partial charge in [-0.05, 0) is 37.1 Å². The Kier molecular flexibility index (Phi) is 7.19. The molecule has 2 N–H and O–H groups in total. The van der Waals surface area contributed by atoms with Crippen LogP contribution in [-0.4, -0.2) is 23.3 Å². The summed E-state index contributed by atoms with van der Waals surface area (Å²) in [6, 6.07) is 15.3. The molecule has 0 aliphatic rings. The smallest absolute Gasteiger partial charge is 0.243 e. The number of aryl methyl sites for hydroxylation is 2. The van der Waals surface area contributed by atoms with Gasteiger partial charge in [-0.25, -0.2) is 4.98 Å². The molecule has 0 aliphatic carbocycles. The average Bonchev–Trinajstić information content (AvgIpc) is 3.19. The summed E-state index contributed by atoms with van der Waals surface area (Å²) in [5, 5.41) is 5.40. The Bertz CT molecular complexity index is 986. The zero-order valence-corrected chi connectivity index (χ0v) is 17.7. The second kappa shape index (κ2) is 10.0. The molecule has 6 nitrogen and oxygen atoms in total. The molecular weight excluding hydrogens is 434 g/mol. The number of nitrogens with zero attached hydrogens (tertiary/aromatic N) is 1. The lowest BCUT2D eigenvalue weighted by atomic mass is 10.2. The molecule has 2 aromatic carbocycles. The number of halogens is 1. The lowest BCUT2D eigenvalue weighted by Crippen LogP contribution is -2.32. The lowest BCUT2D eigenvalue weighted by molar-refractivity contribution is -0.124. The topological polar surface area (TPSA) is 84.2 Å². The Labute approximate surface area is 177 Å². The van der Waals surface area contributed by atoms with Gasteiger partial charge in [0, 0.05) is 28.6 Å². The Morgan fingerprint density at radius 2 is 1.90 bits per heavy atom. The molecule has 0 aliphatic heterocycles. The molecule has 7 heteroatoms. The first-order valence-corrected chi connectivity index (χ1v) is 10.1. The molecule has 1 aromatic heterocycles. The minimum Gasteiger partial charge on any atom is -0.441 e. The third kappa shape index (κ3) is 6.29. The van der Waals surface area contributed by atoms with E-state index >= 15 is 0 Å². The average molecular weight is 456 g/mol. The van der Waals surface area contributed by atoms with Crippen molar-refractivity contribution in [2.24, 2.45) is 0 Å². The van der Waals surface area contributed by atoms with Gasteiger partial charge in [0.1, 0.15) is 0 Å². The number of aromatic nitrogens is 1. The molecule has 1 heterocycles. The third-order valence-corrected chi connectivity index (χ3v) is 5.18. The predicted octanol–water partition coefficient (Wildman–Crippen LogP) is 4.49. The van der Waals surface area contributed by atoms with Gasteiger partial charge in [0.05, 0.1) is 12.7 Å². The van der Waals surface area contributed by atoms with Gasteiger partial charge in [-0.15, -0.1) is 0 Å². The summed E-state index contributed by atoms with van der Waals surface area (Å²) in [4.78, 5) is 28.2. The van der Waals surface area contributed by atoms with Gasteiger partial charge in [0.15, 0.2) is 11.7 Å². The number of carbonyl (C=O) groups excluding carboxylic acids is 2. The van der Waals surface area contributed by atoms with E-state index in [1.165, 1.54) is 0 Å². The van der Waals surface area contributed by atoms with E-state index in [4.69, 9.17) is 4.42 Å². The van der Waals surface area contributed by atoms with E-state index in [0.29, 0.717) is 36.6 Å². The van der Waals surface area contributed by atoms with Crippen LogP contribution in [0.2, 0.25) is 0 Å². The summed E-state index contributed by atoms with van der Waals surface area (Å²) in [6.45, 7) is 1.88. The fourth-order valence-electron chi connectivity index (χ4n) is 2.76. The lowest BCUT2D eigenvalue weighted by Gasteiger charge is -2.08. The van der Waals surface area contributed by atoms with Crippen molar-refractivity contribution in [3.8, 4) is 11.3 Å². The second-order valence-electron chi connectivity index (χ2n) is 6.63. The molecule has 150 valence electrons. The van der Waals surface area contributed by atoms with Crippen molar-refractivity contribution in [1.29, 1.82) is 0 Å². The van der Waals surface area contributed by atoms with Gasteiger partial charge in [0.2, 0.25) is 11.8 Å². The summed E-state index contributed by atoms with van der Waals surface area (Å²) in [5.41, 5.74) is 2.69. The van der Waals surface area contributed by atoms with E-state index in [-0.39, 0.29) is 18.4 Å². The number of carbonyl (C=O) groups is 2. The largest absolute Gasteiger partial charge is 0.441 e. The van der Waals surface area contributed by atoms with Gasteiger partial charge < -0.3 is 15.1 Å². The maximum atomic E-state index is 12.0. The van der Waals surface area contributed by atoms with Crippen LogP contribution in [0.3, 0.4) is 0 Å². The standard InChI is InChI=1S/C22H22BrN3O3/c1-15-12-17(10-11-18(15)23)26-21(28)14-24-20(27)8-5-9-22-25-13-19(29-22)16-6-3-2-4-7-16/h2-4,6-7,10-13H,5,8-9,14H2,1H3,(H,24,27)(H,26,28). The molecule has 0 unspecified atom stereocenters. The fraction of sp³-hybridized carbons (Fsp3) is 0.227. The van der Waals surface area contributed by atoms with Crippen LogP contribution in [0.4, 0.5) is 5.69 Å². The maximum absolute atomic E-state index is 12.0. The Hall–Kier alpha value is -2.93.